The van der Waals surface area contributed by atoms with Gasteiger partial charge in [-0.15, -0.1) is 11.3 Å². The monoisotopic (exact) mass is 258 g/mol. The molecule has 0 saturated heterocycles. The molecule has 0 amide bonds. The van der Waals surface area contributed by atoms with Crippen LogP contribution in [0.1, 0.15) is 11.8 Å². The average Bonchev–Trinajstić information content (AvgIpc) is 2.79. The second-order valence-corrected chi connectivity index (χ2v) is 5.65. The van der Waals surface area contributed by atoms with Crippen molar-refractivity contribution in [3.05, 3.63) is 46.8 Å². The van der Waals surface area contributed by atoms with Gasteiger partial charge in [-0.25, -0.2) is 4.98 Å². The van der Waals surface area contributed by atoms with Crippen LogP contribution in [0.2, 0.25) is 0 Å². The van der Waals surface area contributed by atoms with E-state index in [1.807, 2.05) is 25.3 Å². The lowest BCUT2D eigenvalue weighted by Gasteiger charge is -2.03. The molecule has 1 aliphatic rings. The van der Waals surface area contributed by atoms with Crippen LogP contribution < -0.4 is 0 Å². The highest BCUT2D eigenvalue weighted by Gasteiger charge is 2.13. The van der Waals surface area contributed by atoms with Crippen molar-refractivity contribution in [2.75, 3.05) is 0 Å². The van der Waals surface area contributed by atoms with E-state index in [4.69, 9.17) is 0 Å². The van der Waals surface area contributed by atoms with Gasteiger partial charge in [-0.1, -0.05) is 17.8 Å². The Bertz CT molecular complexity index is 598. The standard InChI is InChI=1S/C13H10N2S2/c1-9-8-12(11-5-3-7-16-11)17-13-10(15-9)4-2-6-14-13/h2-8H,1H3. The summed E-state index contributed by atoms with van der Waals surface area (Å²) >= 11 is 3.43. The normalized spacial score (nSPS) is 14.6. The quantitative estimate of drug-likeness (QED) is 0.758. The summed E-state index contributed by atoms with van der Waals surface area (Å²) in [5.41, 5.74) is 1.98. The number of thioether (sulfide) groups is 1. The SMILES string of the molecule is CC1=Nc2cccnc2SC(c2cccs2)=C1. The van der Waals surface area contributed by atoms with E-state index in [-0.39, 0.29) is 0 Å². The fraction of sp³-hybridized carbons (Fsp3) is 0.0769. The van der Waals surface area contributed by atoms with Crippen molar-refractivity contribution >= 4 is 39.4 Å². The molecule has 0 aromatic carbocycles. The van der Waals surface area contributed by atoms with Crippen LogP contribution in [-0.2, 0) is 0 Å². The molecule has 0 spiro atoms. The molecule has 0 aliphatic carbocycles. The van der Waals surface area contributed by atoms with E-state index in [9.17, 15) is 0 Å². The number of allylic oxidation sites excluding steroid dienone is 1. The number of nitrogens with zero attached hydrogens (tertiary/aromatic N) is 2. The summed E-state index contributed by atoms with van der Waals surface area (Å²) in [4.78, 5) is 11.4. The van der Waals surface area contributed by atoms with Crippen LogP contribution in [0.25, 0.3) is 4.91 Å². The summed E-state index contributed by atoms with van der Waals surface area (Å²) in [7, 11) is 0. The summed E-state index contributed by atoms with van der Waals surface area (Å²) in [5, 5.41) is 3.07. The fourth-order valence-corrected chi connectivity index (χ4v) is 3.48. The Morgan fingerprint density at radius 1 is 1.18 bits per heavy atom. The first kappa shape index (κ1) is 10.7. The maximum absolute atomic E-state index is 4.56. The summed E-state index contributed by atoms with van der Waals surface area (Å²) in [6, 6.07) is 8.12. The van der Waals surface area contributed by atoms with Crippen LogP contribution in [0.3, 0.4) is 0 Å². The maximum Gasteiger partial charge on any atom is 0.126 e. The van der Waals surface area contributed by atoms with Gasteiger partial charge in [0, 0.05) is 21.7 Å². The van der Waals surface area contributed by atoms with Crippen LogP contribution in [0, 0.1) is 0 Å². The minimum Gasteiger partial charge on any atom is -0.251 e. The molecule has 0 atom stereocenters. The van der Waals surface area contributed by atoms with Crippen LogP contribution in [-0.4, -0.2) is 10.7 Å². The summed E-state index contributed by atoms with van der Waals surface area (Å²) < 4.78 is 0. The molecule has 0 fully saturated rings. The van der Waals surface area contributed by atoms with Gasteiger partial charge in [0.05, 0.1) is 5.69 Å². The first-order chi connectivity index (χ1) is 8.33. The molecule has 0 radical (unpaired) electrons. The highest BCUT2D eigenvalue weighted by Crippen LogP contribution is 2.41. The molecule has 0 bridgehead atoms. The molecule has 2 nitrogen and oxygen atoms in total. The minimum absolute atomic E-state index is 0.956. The van der Waals surface area contributed by atoms with Gasteiger partial charge < -0.3 is 0 Å². The van der Waals surface area contributed by atoms with Gasteiger partial charge in [-0.2, -0.15) is 0 Å². The van der Waals surface area contributed by atoms with E-state index >= 15 is 0 Å². The molecule has 2 aromatic rings. The van der Waals surface area contributed by atoms with E-state index in [0.29, 0.717) is 0 Å². The highest BCUT2D eigenvalue weighted by molar-refractivity contribution is 8.08. The van der Waals surface area contributed by atoms with Crippen LogP contribution in [0.15, 0.2) is 51.9 Å². The smallest absolute Gasteiger partial charge is 0.126 e. The van der Waals surface area contributed by atoms with Gasteiger partial charge in [-0.3, -0.25) is 4.99 Å². The zero-order chi connectivity index (χ0) is 11.7. The molecule has 1 aliphatic heterocycles. The number of rotatable bonds is 1. The third-order valence-corrected chi connectivity index (χ3v) is 4.46. The number of pyridine rings is 1. The lowest BCUT2D eigenvalue weighted by molar-refractivity contribution is 1.13. The zero-order valence-electron chi connectivity index (χ0n) is 9.25. The minimum atomic E-state index is 0.956. The van der Waals surface area contributed by atoms with Crippen molar-refractivity contribution in [2.24, 2.45) is 4.99 Å². The van der Waals surface area contributed by atoms with Crippen molar-refractivity contribution in [3.63, 3.8) is 0 Å². The molecule has 0 saturated carbocycles. The molecule has 3 rings (SSSR count). The van der Waals surface area contributed by atoms with Crippen LogP contribution in [0.4, 0.5) is 5.69 Å². The van der Waals surface area contributed by atoms with E-state index in [2.05, 4.69) is 33.6 Å². The third kappa shape index (κ3) is 2.18. The Morgan fingerprint density at radius 2 is 2.12 bits per heavy atom. The van der Waals surface area contributed by atoms with Crippen molar-refractivity contribution in [1.82, 2.24) is 4.98 Å². The summed E-state index contributed by atoms with van der Waals surface area (Å²) in [6.07, 6.45) is 3.94. The molecular weight excluding hydrogens is 248 g/mol. The van der Waals surface area contributed by atoms with Crippen molar-refractivity contribution in [3.8, 4) is 0 Å². The number of thiophene rings is 1. The number of hydrogen-bond donors (Lipinski definition) is 0. The largest absolute Gasteiger partial charge is 0.251 e. The number of aromatic nitrogens is 1. The number of aliphatic imine (C=N–C) groups is 1. The van der Waals surface area contributed by atoms with E-state index < -0.39 is 0 Å². The maximum atomic E-state index is 4.56. The van der Waals surface area contributed by atoms with Gasteiger partial charge in [0.1, 0.15) is 5.03 Å². The van der Waals surface area contributed by atoms with Crippen LogP contribution >= 0.6 is 23.1 Å². The molecule has 3 heterocycles. The molecular formula is C13H10N2S2. The predicted molar refractivity (Wildman–Crippen MR) is 75.2 cm³/mol. The topological polar surface area (TPSA) is 25.2 Å². The van der Waals surface area contributed by atoms with Crippen LogP contribution in [0.5, 0.6) is 0 Å². The Morgan fingerprint density at radius 3 is 2.94 bits per heavy atom. The second kappa shape index (κ2) is 4.47. The first-order valence-corrected chi connectivity index (χ1v) is 6.96. The molecule has 4 heteroatoms. The Hall–Kier alpha value is -1.39. The number of fused-ring (bicyclic) bond motifs is 1. The van der Waals surface area contributed by atoms with E-state index in [1.54, 1.807) is 23.1 Å². The van der Waals surface area contributed by atoms with Crippen molar-refractivity contribution < 1.29 is 0 Å². The van der Waals surface area contributed by atoms with Gasteiger partial charge >= 0.3 is 0 Å². The Labute approximate surface area is 108 Å². The Kier molecular flexibility index (Phi) is 2.82. The van der Waals surface area contributed by atoms with Gasteiger partial charge in [-0.05, 0) is 36.6 Å². The molecule has 0 N–H and O–H groups in total. The lowest BCUT2D eigenvalue weighted by Crippen LogP contribution is -1.83. The van der Waals surface area contributed by atoms with Gasteiger partial charge in [0.2, 0.25) is 0 Å². The lowest BCUT2D eigenvalue weighted by atomic mass is 10.3. The van der Waals surface area contributed by atoms with Gasteiger partial charge in [0.15, 0.2) is 0 Å². The third-order valence-electron chi connectivity index (χ3n) is 2.36. The molecule has 0 unspecified atom stereocenters. The predicted octanol–water partition coefficient (Wildman–Crippen LogP) is 4.38. The molecule has 84 valence electrons. The van der Waals surface area contributed by atoms with Gasteiger partial charge in [0.25, 0.3) is 0 Å². The highest BCUT2D eigenvalue weighted by atomic mass is 32.2. The molecule has 17 heavy (non-hydrogen) atoms. The second-order valence-electron chi connectivity index (χ2n) is 3.67. The van der Waals surface area contributed by atoms with Crippen molar-refractivity contribution in [2.45, 2.75) is 11.9 Å². The summed E-state index contributed by atoms with van der Waals surface area (Å²) in [5.74, 6) is 0. The first-order valence-electron chi connectivity index (χ1n) is 5.27. The Balaban J connectivity index is 2.09. The van der Waals surface area contributed by atoms with E-state index in [1.165, 1.54) is 9.78 Å². The molecule has 2 aromatic heterocycles. The number of hydrogen-bond acceptors (Lipinski definition) is 4. The van der Waals surface area contributed by atoms with Crippen molar-refractivity contribution in [1.29, 1.82) is 0 Å². The fourth-order valence-electron chi connectivity index (χ4n) is 1.63. The van der Waals surface area contributed by atoms with E-state index in [0.717, 1.165) is 16.4 Å². The zero-order valence-corrected chi connectivity index (χ0v) is 10.9. The summed E-state index contributed by atoms with van der Waals surface area (Å²) in [6.45, 7) is 2.02. The average molecular weight is 258 g/mol.